The van der Waals surface area contributed by atoms with Crippen molar-refractivity contribution in [1.29, 1.82) is 0 Å². The molecule has 0 unspecified atom stereocenters. The number of rotatable bonds is 3. The predicted octanol–water partition coefficient (Wildman–Crippen LogP) is 0.544. The highest BCUT2D eigenvalue weighted by Gasteiger charge is 2.35. The zero-order chi connectivity index (χ0) is 15.0. The van der Waals surface area contributed by atoms with Crippen molar-refractivity contribution in [3.05, 3.63) is 36.1 Å². The number of hydrogen-bond donors (Lipinski definition) is 1. The summed E-state index contributed by atoms with van der Waals surface area (Å²) < 4.78 is 7.28. The smallest absolute Gasteiger partial charge is 0.307 e. The maximum absolute atomic E-state index is 12.2. The van der Waals surface area contributed by atoms with Crippen LogP contribution < -0.4 is 5.32 Å². The van der Waals surface area contributed by atoms with E-state index in [9.17, 15) is 4.79 Å². The lowest BCUT2D eigenvalue weighted by Crippen LogP contribution is -2.40. The Balaban J connectivity index is 1.77. The highest BCUT2D eigenvalue weighted by atomic mass is 16.4. The van der Waals surface area contributed by atoms with Gasteiger partial charge in [-0.15, -0.1) is 0 Å². The predicted molar refractivity (Wildman–Crippen MR) is 75.9 cm³/mol. The van der Waals surface area contributed by atoms with E-state index in [0.29, 0.717) is 5.76 Å². The summed E-state index contributed by atoms with van der Waals surface area (Å²) in [5.74, 6) is 0.691. The molecule has 0 spiro atoms. The number of likely N-dealkylation sites (N-methyl/N-ethyl adjacent to an activating group) is 1. The zero-order valence-corrected chi connectivity index (χ0v) is 12.4. The van der Waals surface area contributed by atoms with Crippen molar-refractivity contribution in [2.45, 2.75) is 18.9 Å². The van der Waals surface area contributed by atoms with E-state index >= 15 is 0 Å². The topological polar surface area (TPSA) is 76.2 Å². The van der Waals surface area contributed by atoms with Crippen LogP contribution in [0.3, 0.4) is 0 Å². The summed E-state index contributed by atoms with van der Waals surface area (Å²) in [6.45, 7) is 3.45. The summed E-state index contributed by atoms with van der Waals surface area (Å²) in [4.78, 5) is 22.5. The van der Waals surface area contributed by atoms with Crippen molar-refractivity contribution >= 4 is 5.91 Å². The van der Waals surface area contributed by atoms with Gasteiger partial charge in [0.05, 0.1) is 18.6 Å². The third kappa shape index (κ3) is 2.69. The molecule has 1 amide bonds. The van der Waals surface area contributed by atoms with Crippen molar-refractivity contribution in [2.75, 3.05) is 20.1 Å². The van der Waals surface area contributed by atoms with Crippen molar-refractivity contribution in [3.63, 3.8) is 0 Å². The average molecular weight is 289 g/mol. The molecule has 0 bridgehead atoms. The second-order valence-corrected chi connectivity index (χ2v) is 5.61. The molecule has 7 nitrogen and oxygen atoms in total. The number of carbonyl (C=O) groups is 1. The van der Waals surface area contributed by atoms with Gasteiger partial charge in [-0.25, -0.2) is 9.97 Å². The van der Waals surface area contributed by atoms with Gasteiger partial charge in [-0.2, -0.15) is 0 Å². The molecule has 7 heteroatoms. The Morgan fingerprint density at radius 1 is 1.38 bits per heavy atom. The Kier molecular flexibility index (Phi) is 3.50. The summed E-state index contributed by atoms with van der Waals surface area (Å²) in [7, 11) is 4.02. The first-order chi connectivity index (χ1) is 10.0. The first-order valence-corrected chi connectivity index (χ1v) is 6.92. The minimum absolute atomic E-state index is 0.0186. The summed E-state index contributed by atoms with van der Waals surface area (Å²) in [5.41, 5.74) is 1.12. The first kappa shape index (κ1) is 13.8. The van der Waals surface area contributed by atoms with E-state index in [0.717, 1.165) is 18.8 Å². The number of oxazole rings is 1. The molecule has 0 aliphatic carbocycles. The van der Waals surface area contributed by atoms with Gasteiger partial charge in [0.25, 0.3) is 5.89 Å². The van der Waals surface area contributed by atoms with Gasteiger partial charge in [-0.1, -0.05) is 0 Å². The fourth-order valence-corrected chi connectivity index (χ4v) is 2.86. The molecule has 0 aromatic carbocycles. The van der Waals surface area contributed by atoms with Crippen LogP contribution in [0.2, 0.25) is 0 Å². The van der Waals surface area contributed by atoms with Crippen molar-refractivity contribution < 1.29 is 9.21 Å². The molecule has 3 heterocycles. The molecule has 1 saturated heterocycles. The first-order valence-electron chi connectivity index (χ1n) is 6.92. The third-order valence-electron chi connectivity index (χ3n) is 3.87. The molecule has 2 atom stereocenters. The summed E-state index contributed by atoms with van der Waals surface area (Å²) in [6.07, 6.45) is 5.19. The maximum Gasteiger partial charge on any atom is 0.307 e. The highest BCUT2D eigenvalue weighted by molar-refractivity contribution is 5.89. The van der Waals surface area contributed by atoms with Crippen molar-refractivity contribution in [3.8, 4) is 0 Å². The minimum atomic E-state index is -0.268. The van der Waals surface area contributed by atoms with Crippen LogP contribution in [0.25, 0.3) is 0 Å². The van der Waals surface area contributed by atoms with Crippen LogP contribution in [0.1, 0.15) is 28.1 Å². The van der Waals surface area contributed by atoms with E-state index in [1.165, 1.54) is 0 Å². The van der Waals surface area contributed by atoms with Crippen LogP contribution in [0.4, 0.5) is 0 Å². The molecule has 3 rings (SSSR count). The molecule has 21 heavy (non-hydrogen) atoms. The van der Waals surface area contributed by atoms with Gasteiger partial charge in [0.2, 0.25) is 0 Å². The lowest BCUT2D eigenvalue weighted by molar-refractivity contribution is 0.0899. The Morgan fingerprint density at radius 2 is 2.19 bits per heavy atom. The quantitative estimate of drug-likeness (QED) is 0.892. The molecule has 2 aromatic rings. The monoisotopic (exact) mass is 289 g/mol. The number of nitrogens with one attached hydrogen (secondary N) is 1. The largest absolute Gasteiger partial charge is 0.438 e. The number of nitrogens with zero attached hydrogens (tertiary/aromatic N) is 4. The van der Waals surface area contributed by atoms with Crippen LogP contribution >= 0.6 is 0 Å². The minimum Gasteiger partial charge on any atom is -0.438 e. The molecule has 1 fully saturated rings. The molecular formula is C14H19N5O2. The van der Waals surface area contributed by atoms with Gasteiger partial charge in [0.15, 0.2) is 0 Å². The molecule has 1 N–H and O–H groups in total. The summed E-state index contributed by atoms with van der Waals surface area (Å²) in [5, 5.41) is 3.03. The lowest BCUT2D eigenvalue weighted by atomic mass is 10.00. The van der Waals surface area contributed by atoms with E-state index < -0.39 is 0 Å². The van der Waals surface area contributed by atoms with Crippen molar-refractivity contribution in [1.82, 2.24) is 24.8 Å². The standard InChI is InChI=1S/C14H19N5O2/c1-9-4-16-14(21-9)13(20)17-11-7-18(2)6-10(11)12-5-15-8-19(12)3/h4-5,8,10-11H,6-7H2,1-3H3,(H,17,20)/t10-,11-/m1/s1. The highest BCUT2D eigenvalue weighted by Crippen LogP contribution is 2.26. The van der Waals surface area contributed by atoms with Crippen LogP contribution in [-0.2, 0) is 7.05 Å². The Hall–Kier alpha value is -2.15. The van der Waals surface area contributed by atoms with Gasteiger partial charge in [0.1, 0.15) is 5.76 Å². The number of aromatic nitrogens is 3. The van der Waals surface area contributed by atoms with E-state index in [1.54, 1.807) is 19.4 Å². The van der Waals surface area contributed by atoms with E-state index in [1.807, 2.05) is 24.9 Å². The average Bonchev–Trinajstić information content (AvgIpc) is 3.11. The van der Waals surface area contributed by atoms with Crippen molar-refractivity contribution in [2.24, 2.45) is 7.05 Å². The molecule has 1 aliphatic heterocycles. The number of hydrogen-bond acceptors (Lipinski definition) is 5. The van der Waals surface area contributed by atoms with Crippen LogP contribution in [0, 0.1) is 6.92 Å². The molecule has 1 aliphatic rings. The van der Waals surface area contributed by atoms with Gasteiger partial charge in [-0.05, 0) is 14.0 Å². The van der Waals surface area contributed by atoms with Crippen LogP contribution in [0.5, 0.6) is 0 Å². The van der Waals surface area contributed by atoms with Gasteiger partial charge < -0.3 is 19.2 Å². The van der Waals surface area contributed by atoms with E-state index in [-0.39, 0.29) is 23.8 Å². The third-order valence-corrected chi connectivity index (χ3v) is 3.87. The molecular weight excluding hydrogens is 270 g/mol. The summed E-state index contributed by atoms with van der Waals surface area (Å²) in [6, 6.07) is 0.0186. The molecule has 0 saturated carbocycles. The Morgan fingerprint density at radius 3 is 2.81 bits per heavy atom. The van der Waals surface area contributed by atoms with E-state index in [4.69, 9.17) is 4.42 Å². The van der Waals surface area contributed by atoms with Gasteiger partial charge in [0, 0.05) is 37.9 Å². The molecule has 112 valence electrons. The second kappa shape index (κ2) is 5.33. The second-order valence-electron chi connectivity index (χ2n) is 5.61. The number of aryl methyl sites for hydroxylation is 2. The SMILES string of the molecule is Cc1cnc(C(=O)N[C@@H]2CN(C)C[C@H]2c2cncn2C)o1. The molecule has 2 aromatic heterocycles. The zero-order valence-electron chi connectivity index (χ0n) is 12.4. The number of imidazole rings is 1. The van der Waals surface area contributed by atoms with Gasteiger partial charge in [-0.3, -0.25) is 4.79 Å². The number of likely N-dealkylation sites (tertiary alicyclic amines) is 1. The number of amides is 1. The Labute approximate surface area is 123 Å². The van der Waals surface area contributed by atoms with Crippen LogP contribution in [0.15, 0.2) is 23.1 Å². The fourth-order valence-electron chi connectivity index (χ4n) is 2.86. The molecule has 0 radical (unpaired) electrons. The van der Waals surface area contributed by atoms with Gasteiger partial charge >= 0.3 is 5.91 Å². The van der Waals surface area contributed by atoms with E-state index in [2.05, 4.69) is 20.2 Å². The van der Waals surface area contributed by atoms with Crippen LogP contribution in [-0.4, -0.2) is 51.5 Å². The lowest BCUT2D eigenvalue weighted by Gasteiger charge is -2.19. The maximum atomic E-state index is 12.2. The Bertz CT molecular complexity index is 647. The fraction of sp³-hybridized carbons (Fsp3) is 0.500. The normalized spacial score (nSPS) is 22.6. The number of carbonyl (C=O) groups excluding carboxylic acids is 1. The summed E-state index contributed by atoms with van der Waals surface area (Å²) >= 11 is 0.